The molecule has 0 bridgehead atoms. The average Bonchev–Trinajstić information content (AvgIpc) is 2.82. The quantitative estimate of drug-likeness (QED) is 0.267. The Kier molecular flexibility index (Phi) is 6.90. The van der Waals surface area contributed by atoms with Crippen molar-refractivity contribution < 1.29 is 9.53 Å². The number of aryl methyl sites for hydroxylation is 1. The number of hydrogen-bond donors (Lipinski definition) is 1. The maximum Gasteiger partial charge on any atom is 0.251 e. The first-order chi connectivity index (χ1) is 15.2. The molecule has 4 aromatic rings. The molecular weight excluding hydrogens is 402 g/mol. The van der Waals surface area contributed by atoms with Crippen molar-refractivity contribution >= 4 is 28.4 Å². The van der Waals surface area contributed by atoms with Gasteiger partial charge in [0.05, 0.1) is 6.54 Å². The number of hydrogen-bond acceptors (Lipinski definition) is 3. The average molecular weight is 428 g/mol. The van der Waals surface area contributed by atoms with Crippen LogP contribution in [0.4, 0.5) is 0 Å². The lowest BCUT2D eigenvalue weighted by Crippen LogP contribution is -2.28. The molecule has 0 spiro atoms. The fourth-order valence-electron chi connectivity index (χ4n) is 3.30. The Morgan fingerprint density at radius 1 is 0.871 bits per heavy atom. The predicted octanol–water partition coefficient (Wildman–Crippen LogP) is 6.25. The molecule has 0 aliphatic heterocycles. The van der Waals surface area contributed by atoms with Crippen LogP contribution in [0.15, 0.2) is 95.9 Å². The van der Waals surface area contributed by atoms with E-state index in [9.17, 15) is 4.79 Å². The minimum atomic E-state index is -0.0840. The van der Waals surface area contributed by atoms with Crippen molar-refractivity contribution in [3.8, 4) is 5.75 Å². The van der Waals surface area contributed by atoms with Crippen LogP contribution in [0.2, 0.25) is 0 Å². The number of ether oxygens (including phenoxy) is 1. The Bertz CT molecular complexity index is 1150. The molecule has 4 rings (SSSR count). The van der Waals surface area contributed by atoms with Crippen molar-refractivity contribution in [2.24, 2.45) is 0 Å². The summed E-state index contributed by atoms with van der Waals surface area (Å²) in [4.78, 5) is 13.7. The van der Waals surface area contributed by atoms with Crippen LogP contribution >= 0.6 is 11.8 Å². The number of rotatable bonds is 8. The molecule has 4 aromatic carbocycles. The Hall–Kier alpha value is -3.24. The highest BCUT2D eigenvalue weighted by Crippen LogP contribution is 2.25. The van der Waals surface area contributed by atoms with Gasteiger partial charge in [0, 0.05) is 21.6 Å². The molecule has 0 aromatic heterocycles. The van der Waals surface area contributed by atoms with E-state index >= 15 is 0 Å². The van der Waals surface area contributed by atoms with Gasteiger partial charge < -0.3 is 10.1 Å². The topological polar surface area (TPSA) is 38.3 Å². The van der Waals surface area contributed by atoms with Crippen molar-refractivity contribution in [3.05, 3.63) is 108 Å². The van der Waals surface area contributed by atoms with Gasteiger partial charge in [0.15, 0.2) is 0 Å². The van der Waals surface area contributed by atoms with E-state index in [4.69, 9.17) is 4.74 Å². The molecule has 156 valence electrons. The molecule has 0 saturated carbocycles. The SMILES string of the molecule is Cc1ccc(SCc2ccc(C(=O)NCCOc3cccc4ccccc34)cc2)cc1. The summed E-state index contributed by atoms with van der Waals surface area (Å²) in [6, 6.07) is 30.4. The van der Waals surface area contributed by atoms with Gasteiger partial charge in [-0.2, -0.15) is 0 Å². The summed E-state index contributed by atoms with van der Waals surface area (Å²) in [6.07, 6.45) is 0. The van der Waals surface area contributed by atoms with E-state index in [0.29, 0.717) is 18.7 Å². The first kappa shape index (κ1) is 21.0. The van der Waals surface area contributed by atoms with Gasteiger partial charge in [0.25, 0.3) is 5.91 Å². The lowest BCUT2D eigenvalue weighted by molar-refractivity contribution is 0.0947. The van der Waals surface area contributed by atoms with Gasteiger partial charge in [-0.1, -0.05) is 66.2 Å². The van der Waals surface area contributed by atoms with E-state index < -0.39 is 0 Å². The zero-order chi connectivity index (χ0) is 21.5. The second kappa shape index (κ2) is 10.2. The summed E-state index contributed by atoms with van der Waals surface area (Å²) in [6.45, 7) is 2.96. The molecular formula is C27H25NO2S. The molecule has 0 atom stereocenters. The van der Waals surface area contributed by atoms with Crippen LogP contribution in [0.3, 0.4) is 0 Å². The monoisotopic (exact) mass is 427 g/mol. The van der Waals surface area contributed by atoms with Crippen molar-refractivity contribution in [1.82, 2.24) is 5.32 Å². The number of nitrogens with one attached hydrogen (secondary N) is 1. The van der Waals surface area contributed by atoms with E-state index in [0.717, 1.165) is 22.3 Å². The zero-order valence-corrected chi connectivity index (χ0v) is 18.3. The number of thioether (sulfide) groups is 1. The molecule has 0 aliphatic carbocycles. The molecule has 0 fully saturated rings. The number of fused-ring (bicyclic) bond motifs is 1. The van der Waals surface area contributed by atoms with Crippen molar-refractivity contribution in [1.29, 1.82) is 0 Å². The van der Waals surface area contributed by atoms with Crippen LogP contribution in [0, 0.1) is 6.92 Å². The maximum atomic E-state index is 12.4. The molecule has 4 heteroatoms. The van der Waals surface area contributed by atoms with Crippen LogP contribution in [0.5, 0.6) is 5.75 Å². The number of amides is 1. The smallest absolute Gasteiger partial charge is 0.251 e. The first-order valence-corrected chi connectivity index (χ1v) is 11.3. The Balaban J connectivity index is 1.24. The highest BCUT2D eigenvalue weighted by atomic mass is 32.2. The minimum Gasteiger partial charge on any atom is -0.491 e. The summed E-state index contributed by atoms with van der Waals surface area (Å²) >= 11 is 1.79. The van der Waals surface area contributed by atoms with E-state index in [1.54, 1.807) is 11.8 Å². The Morgan fingerprint density at radius 3 is 2.42 bits per heavy atom. The standard InChI is InChI=1S/C27H25NO2S/c1-20-9-15-24(16-10-20)31-19-21-11-13-23(14-12-21)27(29)28-17-18-30-26-8-4-6-22-5-2-3-7-25(22)26/h2-16H,17-19H2,1H3,(H,28,29). The molecule has 1 amide bonds. The summed E-state index contributed by atoms with van der Waals surface area (Å²) < 4.78 is 5.89. The van der Waals surface area contributed by atoms with Gasteiger partial charge in [0.2, 0.25) is 0 Å². The van der Waals surface area contributed by atoms with Gasteiger partial charge in [-0.25, -0.2) is 0 Å². The third-order valence-electron chi connectivity index (χ3n) is 5.04. The normalized spacial score (nSPS) is 10.7. The van der Waals surface area contributed by atoms with Gasteiger partial charge in [-0.15, -0.1) is 11.8 Å². The Labute approximate surface area is 187 Å². The molecule has 0 aliphatic rings. The third kappa shape index (κ3) is 5.68. The molecule has 3 nitrogen and oxygen atoms in total. The number of carbonyl (C=O) groups excluding carboxylic acids is 1. The van der Waals surface area contributed by atoms with E-state index in [2.05, 4.69) is 48.6 Å². The van der Waals surface area contributed by atoms with Crippen LogP contribution in [-0.2, 0) is 5.75 Å². The van der Waals surface area contributed by atoms with Crippen LogP contribution in [0.1, 0.15) is 21.5 Å². The van der Waals surface area contributed by atoms with E-state index in [1.165, 1.54) is 16.0 Å². The molecule has 0 saturated heterocycles. The predicted molar refractivity (Wildman–Crippen MR) is 129 cm³/mol. The highest BCUT2D eigenvalue weighted by molar-refractivity contribution is 7.98. The second-order valence-corrected chi connectivity index (χ2v) is 8.43. The highest BCUT2D eigenvalue weighted by Gasteiger charge is 2.06. The fourth-order valence-corrected chi connectivity index (χ4v) is 4.16. The lowest BCUT2D eigenvalue weighted by atomic mass is 10.1. The van der Waals surface area contributed by atoms with E-state index in [-0.39, 0.29) is 5.91 Å². The van der Waals surface area contributed by atoms with Crippen LogP contribution < -0.4 is 10.1 Å². The summed E-state index contributed by atoms with van der Waals surface area (Å²) in [7, 11) is 0. The first-order valence-electron chi connectivity index (χ1n) is 10.4. The number of carbonyl (C=O) groups is 1. The van der Waals surface area contributed by atoms with Crippen LogP contribution in [-0.4, -0.2) is 19.1 Å². The second-order valence-electron chi connectivity index (χ2n) is 7.38. The minimum absolute atomic E-state index is 0.0840. The molecule has 0 radical (unpaired) electrons. The number of benzene rings is 4. The third-order valence-corrected chi connectivity index (χ3v) is 6.12. The van der Waals surface area contributed by atoms with Gasteiger partial charge in [0.1, 0.15) is 12.4 Å². The zero-order valence-electron chi connectivity index (χ0n) is 17.5. The van der Waals surface area contributed by atoms with Crippen LogP contribution in [0.25, 0.3) is 10.8 Å². The van der Waals surface area contributed by atoms with Gasteiger partial charge >= 0.3 is 0 Å². The molecule has 0 unspecified atom stereocenters. The Morgan fingerprint density at radius 2 is 1.61 bits per heavy atom. The van der Waals surface area contributed by atoms with Crippen molar-refractivity contribution in [3.63, 3.8) is 0 Å². The van der Waals surface area contributed by atoms with Gasteiger partial charge in [-0.05, 0) is 48.2 Å². The molecule has 31 heavy (non-hydrogen) atoms. The summed E-state index contributed by atoms with van der Waals surface area (Å²) in [5.74, 6) is 1.63. The fraction of sp³-hybridized carbons (Fsp3) is 0.148. The molecule has 1 N–H and O–H groups in total. The van der Waals surface area contributed by atoms with Crippen molar-refractivity contribution in [2.75, 3.05) is 13.2 Å². The lowest BCUT2D eigenvalue weighted by Gasteiger charge is -2.10. The summed E-state index contributed by atoms with van der Waals surface area (Å²) in [5, 5.41) is 5.15. The van der Waals surface area contributed by atoms with E-state index in [1.807, 2.05) is 54.6 Å². The largest absolute Gasteiger partial charge is 0.491 e. The molecule has 0 heterocycles. The summed E-state index contributed by atoms with van der Waals surface area (Å²) in [5.41, 5.74) is 3.12. The van der Waals surface area contributed by atoms with Crippen molar-refractivity contribution in [2.45, 2.75) is 17.6 Å². The maximum absolute atomic E-state index is 12.4. The van der Waals surface area contributed by atoms with Gasteiger partial charge in [-0.3, -0.25) is 4.79 Å².